The van der Waals surface area contributed by atoms with Gasteiger partial charge in [-0.3, -0.25) is 4.79 Å². The second-order valence-electron chi connectivity index (χ2n) is 5.92. The molecule has 5 nitrogen and oxygen atoms in total. The van der Waals surface area contributed by atoms with Crippen LogP contribution in [-0.4, -0.2) is 27.9 Å². The zero-order valence-corrected chi connectivity index (χ0v) is 14.6. The van der Waals surface area contributed by atoms with E-state index in [9.17, 15) is 9.59 Å². The van der Waals surface area contributed by atoms with Crippen LogP contribution in [0.15, 0.2) is 42.5 Å². The van der Waals surface area contributed by atoms with E-state index in [-0.39, 0.29) is 18.1 Å². The molecule has 3 rings (SSSR count). The Morgan fingerprint density at radius 3 is 2.60 bits per heavy atom. The molecule has 25 heavy (non-hydrogen) atoms. The van der Waals surface area contributed by atoms with Crippen molar-refractivity contribution in [2.75, 3.05) is 6.61 Å². The van der Waals surface area contributed by atoms with E-state index in [2.05, 4.69) is 9.55 Å². The number of rotatable bonds is 5. The van der Waals surface area contributed by atoms with Gasteiger partial charge in [-0.2, -0.15) is 0 Å². The number of aromatic nitrogens is 2. The summed E-state index contributed by atoms with van der Waals surface area (Å²) in [6, 6.07) is 12.8. The number of aryl methyl sites for hydroxylation is 1. The summed E-state index contributed by atoms with van der Waals surface area (Å²) in [5.74, 6) is -0.801. The second kappa shape index (κ2) is 6.89. The molecule has 0 radical (unpaired) electrons. The highest BCUT2D eigenvalue weighted by atomic mass is 16.5. The summed E-state index contributed by atoms with van der Waals surface area (Å²) in [6.07, 6.45) is 0. The maximum atomic E-state index is 12.4. The van der Waals surface area contributed by atoms with Crippen LogP contribution >= 0.6 is 0 Å². The summed E-state index contributed by atoms with van der Waals surface area (Å²) in [5.41, 5.74) is 3.43. The third-order valence-corrected chi connectivity index (χ3v) is 4.33. The average Bonchev–Trinajstić information content (AvgIpc) is 2.92. The van der Waals surface area contributed by atoms with E-state index >= 15 is 0 Å². The van der Waals surface area contributed by atoms with Crippen molar-refractivity contribution in [2.24, 2.45) is 0 Å². The first-order valence-electron chi connectivity index (χ1n) is 8.24. The molecule has 0 N–H and O–H groups in total. The average molecular weight is 336 g/mol. The molecule has 1 aromatic carbocycles. The lowest BCUT2D eigenvalue weighted by molar-refractivity contribution is 0.0469. The predicted molar refractivity (Wildman–Crippen MR) is 95.9 cm³/mol. The van der Waals surface area contributed by atoms with Gasteiger partial charge in [-0.15, -0.1) is 0 Å². The summed E-state index contributed by atoms with van der Waals surface area (Å²) in [5, 5.41) is 0.946. The molecule has 2 aromatic heterocycles. The molecule has 0 aliphatic rings. The summed E-state index contributed by atoms with van der Waals surface area (Å²) in [7, 11) is 0. The second-order valence-corrected chi connectivity index (χ2v) is 5.92. The summed E-state index contributed by atoms with van der Waals surface area (Å²) >= 11 is 0. The number of ketones is 1. The van der Waals surface area contributed by atoms with Crippen LogP contribution in [0.4, 0.5) is 0 Å². The number of esters is 1. The minimum Gasteiger partial charge on any atom is -0.453 e. The van der Waals surface area contributed by atoms with Crippen molar-refractivity contribution in [3.05, 3.63) is 65.1 Å². The molecule has 0 aliphatic heterocycles. The van der Waals surface area contributed by atoms with Crippen LogP contribution in [0.5, 0.6) is 0 Å². The Morgan fingerprint density at radius 2 is 1.88 bits per heavy atom. The molecule has 128 valence electrons. The Balaban J connectivity index is 1.72. The van der Waals surface area contributed by atoms with Crippen molar-refractivity contribution in [3.8, 4) is 0 Å². The highest BCUT2D eigenvalue weighted by Gasteiger charge is 2.18. The van der Waals surface area contributed by atoms with E-state index in [0.717, 1.165) is 28.8 Å². The molecule has 0 atom stereocenters. The third-order valence-electron chi connectivity index (χ3n) is 4.33. The first-order chi connectivity index (χ1) is 12.0. The normalized spacial score (nSPS) is 10.8. The van der Waals surface area contributed by atoms with Gasteiger partial charge in [-0.25, -0.2) is 9.78 Å². The standard InChI is InChI=1S/C20H20N2O3/c1-4-22-13(2)11-16(14(22)3)19(23)12-25-20(24)18-10-9-15-7-5-6-8-17(15)21-18/h5-11H,4,12H2,1-3H3. The van der Waals surface area contributed by atoms with Gasteiger partial charge in [0.1, 0.15) is 5.69 Å². The Morgan fingerprint density at radius 1 is 1.12 bits per heavy atom. The molecule has 0 fully saturated rings. The van der Waals surface area contributed by atoms with Crippen molar-refractivity contribution >= 4 is 22.7 Å². The maximum absolute atomic E-state index is 12.4. The highest BCUT2D eigenvalue weighted by Crippen LogP contribution is 2.16. The Bertz CT molecular complexity index is 957. The fourth-order valence-electron chi connectivity index (χ4n) is 3.03. The fraction of sp³-hybridized carbons (Fsp3) is 0.250. The van der Waals surface area contributed by atoms with E-state index < -0.39 is 5.97 Å². The monoisotopic (exact) mass is 336 g/mol. The van der Waals surface area contributed by atoms with Gasteiger partial charge in [0.15, 0.2) is 6.61 Å². The van der Waals surface area contributed by atoms with Crippen molar-refractivity contribution in [2.45, 2.75) is 27.3 Å². The third kappa shape index (κ3) is 3.31. The number of para-hydroxylation sites is 1. The number of ether oxygens (including phenoxy) is 1. The molecule has 3 aromatic rings. The van der Waals surface area contributed by atoms with Gasteiger partial charge in [0.2, 0.25) is 5.78 Å². The summed E-state index contributed by atoms with van der Waals surface area (Å²) in [6.45, 7) is 6.39. The van der Waals surface area contributed by atoms with Crippen LogP contribution < -0.4 is 0 Å². The van der Waals surface area contributed by atoms with Gasteiger partial charge in [0.05, 0.1) is 5.52 Å². The van der Waals surface area contributed by atoms with Crippen molar-refractivity contribution in [1.29, 1.82) is 0 Å². The van der Waals surface area contributed by atoms with E-state index in [1.807, 2.05) is 57.2 Å². The highest BCUT2D eigenvalue weighted by molar-refractivity contribution is 6.00. The van der Waals surface area contributed by atoms with Crippen LogP contribution in [0.3, 0.4) is 0 Å². The minimum absolute atomic E-state index is 0.200. The zero-order valence-electron chi connectivity index (χ0n) is 14.6. The number of benzene rings is 1. The molecule has 0 spiro atoms. The number of nitrogens with zero attached hydrogens (tertiary/aromatic N) is 2. The van der Waals surface area contributed by atoms with E-state index in [0.29, 0.717) is 5.56 Å². The number of hydrogen-bond donors (Lipinski definition) is 0. The van der Waals surface area contributed by atoms with E-state index in [4.69, 9.17) is 4.74 Å². The van der Waals surface area contributed by atoms with E-state index in [1.165, 1.54) is 0 Å². The van der Waals surface area contributed by atoms with Gasteiger partial charge in [0.25, 0.3) is 0 Å². The van der Waals surface area contributed by atoms with Crippen LogP contribution in [0, 0.1) is 13.8 Å². The molecule has 0 bridgehead atoms. The smallest absolute Gasteiger partial charge is 0.357 e. The summed E-state index contributed by atoms with van der Waals surface area (Å²) < 4.78 is 7.23. The van der Waals surface area contributed by atoms with Crippen molar-refractivity contribution in [1.82, 2.24) is 9.55 Å². The predicted octanol–water partition coefficient (Wildman–Crippen LogP) is 3.71. The number of carbonyl (C=O) groups is 2. The lowest BCUT2D eigenvalue weighted by Gasteiger charge is -2.07. The minimum atomic E-state index is -0.594. The molecule has 2 heterocycles. The number of hydrogen-bond acceptors (Lipinski definition) is 4. The topological polar surface area (TPSA) is 61.2 Å². The van der Waals surface area contributed by atoms with Crippen molar-refractivity contribution in [3.63, 3.8) is 0 Å². The quantitative estimate of drug-likeness (QED) is 0.526. The lowest BCUT2D eigenvalue weighted by atomic mass is 10.1. The Kier molecular flexibility index (Phi) is 4.65. The van der Waals surface area contributed by atoms with Gasteiger partial charge in [-0.1, -0.05) is 24.3 Å². The first kappa shape index (κ1) is 16.9. The van der Waals surface area contributed by atoms with Crippen LogP contribution in [0.1, 0.15) is 39.2 Å². The molecule has 0 unspecified atom stereocenters. The van der Waals surface area contributed by atoms with Crippen molar-refractivity contribution < 1.29 is 14.3 Å². The van der Waals surface area contributed by atoms with Gasteiger partial charge < -0.3 is 9.30 Å². The Labute approximate surface area is 146 Å². The largest absolute Gasteiger partial charge is 0.453 e. The van der Waals surface area contributed by atoms with Crippen LogP contribution in [-0.2, 0) is 11.3 Å². The summed E-state index contributed by atoms with van der Waals surface area (Å²) in [4.78, 5) is 28.9. The first-order valence-corrected chi connectivity index (χ1v) is 8.24. The molecule has 0 saturated heterocycles. The van der Waals surface area contributed by atoms with Gasteiger partial charge in [0, 0.05) is 28.9 Å². The zero-order chi connectivity index (χ0) is 18.0. The Hall–Kier alpha value is -2.95. The molecule has 0 amide bonds. The lowest BCUT2D eigenvalue weighted by Crippen LogP contribution is -2.16. The van der Waals surface area contributed by atoms with E-state index in [1.54, 1.807) is 6.07 Å². The maximum Gasteiger partial charge on any atom is 0.357 e. The van der Waals surface area contributed by atoms with Gasteiger partial charge in [-0.05, 0) is 39.0 Å². The van der Waals surface area contributed by atoms with Crippen LogP contribution in [0.2, 0.25) is 0 Å². The molecule has 0 aliphatic carbocycles. The van der Waals surface area contributed by atoms with Gasteiger partial charge >= 0.3 is 5.97 Å². The SMILES string of the molecule is CCn1c(C)cc(C(=O)COC(=O)c2ccc3ccccc3n2)c1C. The number of carbonyl (C=O) groups excluding carboxylic acids is 2. The van der Waals surface area contributed by atoms with Crippen LogP contribution in [0.25, 0.3) is 10.9 Å². The molecule has 0 saturated carbocycles. The molecule has 5 heteroatoms. The molecular weight excluding hydrogens is 316 g/mol. The number of pyridine rings is 1. The number of fused-ring (bicyclic) bond motifs is 1. The fourth-order valence-corrected chi connectivity index (χ4v) is 3.03. The number of Topliss-reactive ketones (excluding diaryl/α,β-unsaturated/α-hetero) is 1. The molecular formula is C20H20N2O3.